The Bertz CT molecular complexity index is 917. The number of anilines is 1. The minimum atomic E-state index is -0.278. The van der Waals surface area contributed by atoms with Crippen molar-refractivity contribution in [1.82, 2.24) is 14.9 Å². The Kier molecular flexibility index (Phi) is 5.11. The number of halogens is 2. The van der Waals surface area contributed by atoms with Crippen LogP contribution in [-0.4, -0.2) is 20.8 Å². The molecule has 0 atom stereocenters. The van der Waals surface area contributed by atoms with E-state index in [0.29, 0.717) is 45.8 Å². The Labute approximate surface area is 154 Å². The molecule has 1 N–H and O–H groups in total. The van der Waals surface area contributed by atoms with Crippen molar-refractivity contribution in [2.75, 3.05) is 5.32 Å². The molecular weight excluding hydrogens is 363 g/mol. The molecule has 3 rings (SSSR count). The lowest BCUT2D eigenvalue weighted by Crippen LogP contribution is -2.18. The number of carbonyl (C=O) groups excluding carboxylic acids is 1. The Morgan fingerprint density at radius 1 is 1.32 bits per heavy atom. The molecule has 0 radical (unpaired) electrons. The maximum atomic E-state index is 12.6. The topological polar surface area (TPSA) is 73.0 Å². The van der Waals surface area contributed by atoms with Crippen LogP contribution in [-0.2, 0) is 13.0 Å². The fourth-order valence-electron chi connectivity index (χ4n) is 2.51. The summed E-state index contributed by atoms with van der Waals surface area (Å²) < 4.78 is 6.77. The van der Waals surface area contributed by atoms with E-state index in [-0.39, 0.29) is 5.91 Å². The maximum absolute atomic E-state index is 12.6. The third-order valence-electron chi connectivity index (χ3n) is 3.79. The van der Waals surface area contributed by atoms with Gasteiger partial charge in [0.15, 0.2) is 0 Å². The van der Waals surface area contributed by atoms with Crippen LogP contribution in [0, 0.1) is 6.92 Å². The molecule has 3 aromatic rings. The molecule has 0 saturated heterocycles. The minimum Gasteiger partial charge on any atom is -0.361 e. The lowest BCUT2D eigenvalue weighted by atomic mass is 10.1. The molecule has 0 unspecified atom stereocenters. The summed E-state index contributed by atoms with van der Waals surface area (Å²) >= 11 is 12.1. The van der Waals surface area contributed by atoms with Gasteiger partial charge >= 0.3 is 0 Å². The van der Waals surface area contributed by atoms with Gasteiger partial charge in [0.1, 0.15) is 17.1 Å². The van der Waals surface area contributed by atoms with Crippen molar-refractivity contribution in [3.63, 3.8) is 0 Å². The molecule has 0 bridgehead atoms. The van der Waals surface area contributed by atoms with E-state index < -0.39 is 0 Å². The van der Waals surface area contributed by atoms with E-state index in [1.54, 1.807) is 36.0 Å². The van der Waals surface area contributed by atoms with E-state index >= 15 is 0 Å². The van der Waals surface area contributed by atoms with Crippen molar-refractivity contribution in [3.05, 3.63) is 63.1 Å². The van der Waals surface area contributed by atoms with Crippen LogP contribution in [0.4, 0.5) is 5.82 Å². The van der Waals surface area contributed by atoms with Crippen molar-refractivity contribution >= 4 is 34.9 Å². The lowest BCUT2D eigenvalue weighted by molar-refractivity contribution is 0.102. The van der Waals surface area contributed by atoms with Gasteiger partial charge < -0.3 is 9.84 Å². The highest BCUT2D eigenvalue weighted by atomic mass is 35.5. The van der Waals surface area contributed by atoms with Gasteiger partial charge in [-0.05, 0) is 31.0 Å². The lowest BCUT2D eigenvalue weighted by Gasteiger charge is -2.10. The number of nitrogens with zero attached hydrogens (tertiary/aromatic N) is 3. The second-order valence-electron chi connectivity index (χ2n) is 5.48. The van der Waals surface area contributed by atoms with Gasteiger partial charge in [-0.1, -0.05) is 41.3 Å². The minimum absolute atomic E-state index is 0.278. The first kappa shape index (κ1) is 17.5. The summed E-state index contributed by atoms with van der Waals surface area (Å²) in [5.74, 6) is 0.763. The average Bonchev–Trinajstić information content (AvgIpc) is 3.16. The van der Waals surface area contributed by atoms with Crippen molar-refractivity contribution in [2.45, 2.75) is 26.8 Å². The SMILES string of the molecule is CCc1noc(C)c1C(=O)Nc1ccnn1Cc1ccc(Cl)cc1Cl. The summed E-state index contributed by atoms with van der Waals surface area (Å²) in [6, 6.07) is 6.99. The van der Waals surface area contributed by atoms with Crippen molar-refractivity contribution in [2.24, 2.45) is 0 Å². The van der Waals surface area contributed by atoms with Crippen molar-refractivity contribution < 1.29 is 9.32 Å². The Morgan fingerprint density at radius 2 is 2.12 bits per heavy atom. The zero-order valence-electron chi connectivity index (χ0n) is 13.7. The third-order valence-corrected chi connectivity index (χ3v) is 4.38. The number of carbonyl (C=O) groups is 1. The number of aryl methyl sites for hydroxylation is 2. The smallest absolute Gasteiger partial charge is 0.262 e. The summed E-state index contributed by atoms with van der Waals surface area (Å²) in [6.07, 6.45) is 2.22. The monoisotopic (exact) mass is 378 g/mol. The Balaban J connectivity index is 1.82. The Morgan fingerprint density at radius 3 is 2.84 bits per heavy atom. The van der Waals surface area contributed by atoms with E-state index in [1.165, 1.54) is 0 Å². The highest BCUT2D eigenvalue weighted by Crippen LogP contribution is 2.23. The fraction of sp³-hybridized carbons (Fsp3) is 0.235. The maximum Gasteiger partial charge on any atom is 0.262 e. The molecule has 0 saturated carbocycles. The summed E-state index contributed by atoms with van der Waals surface area (Å²) in [7, 11) is 0. The van der Waals surface area contributed by atoms with Gasteiger partial charge in [-0.2, -0.15) is 5.10 Å². The van der Waals surface area contributed by atoms with Crippen LogP contribution in [0.3, 0.4) is 0 Å². The molecule has 0 spiro atoms. The number of nitrogens with one attached hydrogen (secondary N) is 1. The fourth-order valence-corrected chi connectivity index (χ4v) is 2.97. The highest BCUT2D eigenvalue weighted by molar-refractivity contribution is 6.35. The van der Waals surface area contributed by atoms with E-state index in [1.807, 2.05) is 13.0 Å². The van der Waals surface area contributed by atoms with Gasteiger partial charge in [0, 0.05) is 16.1 Å². The van der Waals surface area contributed by atoms with Crippen LogP contribution in [0.2, 0.25) is 10.0 Å². The Hall–Kier alpha value is -2.31. The second-order valence-corrected chi connectivity index (χ2v) is 6.32. The normalized spacial score (nSPS) is 10.9. The summed E-state index contributed by atoms with van der Waals surface area (Å²) in [5, 5.41) is 12.1. The average molecular weight is 379 g/mol. The molecule has 1 aromatic carbocycles. The van der Waals surface area contributed by atoms with Crippen LogP contribution < -0.4 is 5.32 Å². The number of benzene rings is 1. The summed E-state index contributed by atoms with van der Waals surface area (Å²) in [5.41, 5.74) is 1.93. The molecule has 6 nitrogen and oxygen atoms in total. The first-order valence-electron chi connectivity index (χ1n) is 7.71. The molecule has 25 heavy (non-hydrogen) atoms. The standard InChI is InChI=1S/C17H16Cl2N4O2/c1-3-14-16(10(2)25-22-14)17(24)21-15-6-7-20-23(15)9-11-4-5-12(18)8-13(11)19/h4-8H,3,9H2,1-2H3,(H,21,24). The van der Waals surface area contributed by atoms with Crippen molar-refractivity contribution in [1.29, 1.82) is 0 Å². The van der Waals surface area contributed by atoms with Gasteiger partial charge in [0.25, 0.3) is 5.91 Å². The first-order chi connectivity index (χ1) is 12.0. The van der Waals surface area contributed by atoms with Crippen LogP contribution in [0.5, 0.6) is 0 Å². The highest BCUT2D eigenvalue weighted by Gasteiger charge is 2.20. The molecule has 130 valence electrons. The van der Waals surface area contributed by atoms with E-state index in [0.717, 1.165) is 5.56 Å². The zero-order chi connectivity index (χ0) is 18.0. The number of amides is 1. The number of hydrogen-bond donors (Lipinski definition) is 1. The molecule has 8 heteroatoms. The largest absolute Gasteiger partial charge is 0.361 e. The van der Waals surface area contributed by atoms with E-state index in [9.17, 15) is 4.79 Å². The molecule has 0 aliphatic carbocycles. The molecule has 2 heterocycles. The molecular formula is C17H16Cl2N4O2. The molecule has 1 amide bonds. The zero-order valence-corrected chi connectivity index (χ0v) is 15.2. The van der Waals surface area contributed by atoms with E-state index in [2.05, 4.69) is 15.6 Å². The van der Waals surface area contributed by atoms with Gasteiger partial charge in [-0.3, -0.25) is 4.79 Å². The third kappa shape index (κ3) is 3.70. The molecule has 0 aliphatic rings. The quantitative estimate of drug-likeness (QED) is 0.715. The predicted octanol–water partition coefficient (Wildman–Crippen LogP) is 4.35. The molecule has 0 fully saturated rings. The molecule has 2 aromatic heterocycles. The van der Waals surface area contributed by atoms with Gasteiger partial charge in [0.2, 0.25) is 0 Å². The second kappa shape index (κ2) is 7.29. The number of hydrogen-bond acceptors (Lipinski definition) is 4. The van der Waals surface area contributed by atoms with Gasteiger partial charge in [0.05, 0.1) is 18.4 Å². The van der Waals surface area contributed by atoms with Crippen LogP contribution >= 0.6 is 23.2 Å². The number of rotatable bonds is 5. The first-order valence-corrected chi connectivity index (χ1v) is 8.47. The van der Waals surface area contributed by atoms with Crippen LogP contribution in [0.25, 0.3) is 0 Å². The van der Waals surface area contributed by atoms with Crippen LogP contribution in [0.15, 0.2) is 35.0 Å². The van der Waals surface area contributed by atoms with Crippen molar-refractivity contribution in [3.8, 4) is 0 Å². The van der Waals surface area contributed by atoms with Gasteiger partial charge in [-0.15, -0.1) is 0 Å². The summed E-state index contributed by atoms with van der Waals surface area (Å²) in [4.78, 5) is 12.6. The summed E-state index contributed by atoms with van der Waals surface area (Å²) in [6.45, 7) is 4.04. The van der Waals surface area contributed by atoms with Gasteiger partial charge in [-0.25, -0.2) is 4.68 Å². The van der Waals surface area contributed by atoms with E-state index in [4.69, 9.17) is 27.7 Å². The number of aromatic nitrogens is 3. The molecule has 0 aliphatic heterocycles. The van der Waals surface area contributed by atoms with Crippen LogP contribution in [0.1, 0.15) is 34.3 Å². The predicted molar refractivity (Wildman–Crippen MR) is 96.4 cm³/mol.